The Labute approximate surface area is 160 Å². The number of nitrogens with one attached hydrogen (secondary N) is 1. The van der Waals surface area contributed by atoms with Crippen molar-refractivity contribution in [2.24, 2.45) is 0 Å². The van der Waals surface area contributed by atoms with Gasteiger partial charge in [0.1, 0.15) is 12.4 Å². The second-order valence-corrected chi connectivity index (χ2v) is 6.48. The molecule has 2 aromatic carbocycles. The van der Waals surface area contributed by atoms with Crippen LogP contribution in [0.15, 0.2) is 66.0 Å². The molecule has 0 radical (unpaired) electrons. The molecule has 0 atom stereocenters. The van der Waals surface area contributed by atoms with Gasteiger partial charge in [-0.1, -0.05) is 24.3 Å². The van der Waals surface area contributed by atoms with Crippen molar-refractivity contribution in [3.63, 3.8) is 0 Å². The highest BCUT2D eigenvalue weighted by atomic mass is 35.5. The van der Waals surface area contributed by atoms with Crippen LogP contribution >= 0.6 is 23.7 Å². The summed E-state index contributed by atoms with van der Waals surface area (Å²) in [4.78, 5) is 1.13. The lowest BCUT2D eigenvalue weighted by Crippen LogP contribution is -2.06. The summed E-state index contributed by atoms with van der Waals surface area (Å²) >= 11 is 1.63. The number of benzene rings is 2. The van der Waals surface area contributed by atoms with Crippen LogP contribution < -0.4 is 10.1 Å². The predicted octanol–water partition coefficient (Wildman–Crippen LogP) is 6.38. The van der Waals surface area contributed by atoms with Crippen LogP contribution in [-0.4, -0.2) is 0 Å². The fourth-order valence-corrected chi connectivity index (χ4v) is 2.92. The molecule has 0 aliphatic heterocycles. The Bertz CT molecular complexity index is 822. The summed E-state index contributed by atoms with van der Waals surface area (Å²) in [6.45, 7) is 0.916. The Kier molecular flexibility index (Phi) is 6.94. The van der Waals surface area contributed by atoms with E-state index in [0.717, 1.165) is 28.3 Å². The Morgan fingerprint density at radius 2 is 1.77 bits per heavy atom. The lowest BCUT2D eigenvalue weighted by atomic mass is 10.1. The van der Waals surface area contributed by atoms with Crippen LogP contribution in [0.25, 0.3) is 0 Å². The summed E-state index contributed by atoms with van der Waals surface area (Å²) in [5.41, 5.74) is 0.700. The predicted molar refractivity (Wildman–Crippen MR) is 101 cm³/mol. The van der Waals surface area contributed by atoms with Gasteiger partial charge in [0.25, 0.3) is 0 Å². The van der Waals surface area contributed by atoms with Crippen molar-refractivity contribution in [2.75, 3.05) is 5.32 Å². The number of hydrogen-bond acceptors (Lipinski definition) is 3. The zero-order chi connectivity index (χ0) is 17.7. The molecule has 0 aliphatic rings. The van der Waals surface area contributed by atoms with Gasteiger partial charge in [-0.25, -0.2) is 0 Å². The van der Waals surface area contributed by atoms with E-state index in [1.807, 2.05) is 41.8 Å². The third-order valence-corrected chi connectivity index (χ3v) is 4.40. The summed E-state index contributed by atoms with van der Waals surface area (Å²) in [6.07, 6.45) is -4.34. The number of thiophene rings is 1. The molecule has 7 heteroatoms. The topological polar surface area (TPSA) is 21.3 Å². The molecule has 0 fully saturated rings. The minimum atomic E-state index is -4.34. The van der Waals surface area contributed by atoms with E-state index >= 15 is 0 Å². The highest BCUT2D eigenvalue weighted by Crippen LogP contribution is 2.30. The SMILES string of the molecule is Cl.FC(F)(F)c1cccc(NCc2cccc(OCc3cccs3)c2)c1. The van der Waals surface area contributed by atoms with Crippen LogP contribution in [0.3, 0.4) is 0 Å². The van der Waals surface area contributed by atoms with E-state index in [4.69, 9.17) is 4.74 Å². The van der Waals surface area contributed by atoms with Crippen molar-refractivity contribution in [3.8, 4) is 5.75 Å². The molecule has 1 heterocycles. The van der Waals surface area contributed by atoms with E-state index in [-0.39, 0.29) is 12.4 Å². The number of halogens is 4. The Morgan fingerprint density at radius 3 is 2.50 bits per heavy atom. The van der Waals surface area contributed by atoms with Crippen molar-refractivity contribution < 1.29 is 17.9 Å². The molecule has 0 saturated carbocycles. The zero-order valence-corrected chi connectivity index (χ0v) is 15.3. The number of rotatable bonds is 6. The lowest BCUT2D eigenvalue weighted by molar-refractivity contribution is -0.137. The Hall–Kier alpha value is -2.18. The maximum Gasteiger partial charge on any atom is 0.416 e. The van der Waals surface area contributed by atoms with Crippen LogP contribution in [0.4, 0.5) is 18.9 Å². The molecule has 0 saturated heterocycles. The van der Waals surface area contributed by atoms with Gasteiger partial charge in [-0.2, -0.15) is 13.2 Å². The van der Waals surface area contributed by atoms with Gasteiger partial charge in [0.2, 0.25) is 0 Å². The number of anilines is 1. The van der Waals surface area contributed by atoms with Gasteiger partial charge in [-0.05, 0) is 47.3 Å². The number of ether oxygens (including phenoxy) is 1. The lowest BCUT2D eigenvalue weighted by Gasteiger charge is -2.11. The maximum atomic E-state index is 12.7. The molecule has 2 nitrogen and oxygen atoms in total. The fraction of sp³-hybridized carbons (Fsp3) is 0.158. The quantitative estimate of drug-likeness (QED) is 0.519. The van der Waals surface area contributed by atoms with E-state index in [0.29, 0.717) is 18.8 Å². The van der Waals surface area contributed by atoms with Crippen molar-refractivity contribution in [1.29, 1.82) is 0 Å². The van der Waals surface area contributed by atoms with E-state index in [9.17, 15) is 13.2 Å². The average Bonchev–Trinajstić information content (AvgIpc) is 3.12. The Balaban J connectivity index is 0.00000243. The minimum Gasteiger partial charge on any atom is -0.488 e. The molecule has 1 N–H and O–H groups in total. The zero-order valence-electron chi connectivity index (χ0n) is 13.6. The molecular weight excluding hydrogens is 383 g/mol. The first-order chi connectivity index (χ1) is 12.0. The molecular formula is C19H17ClF3NOS. The first-order valence-electron chi connectivity index (χ1n) is 7.66. The van der Waals surface area contributed by atoms with E-state index in [2.05, 4.69) is 5.32 Å². The first kappa shape index (κ1) is 20.1. The van der Waals surface area contributed by atoms with Crippen LogP contribution in [0.1, 0.15) is 16.0 Å². The minimum absolute atomic E-state index is 0. The molecule has 0 amide bonds. The molecule has 0 unspecified atom stereocenters. The molecule has 3 rings (SSSR count). The molecule has 3 aromatic rings. The van der Waals surface area contributed by atoms with Crippen LogP contribution in [-0.2, 0) is 19.3 Å². The summed E-state index contributed by atoms with van der Waals surface area (Å²) in [5, 5.41) is 5.01. The van der Waals surface area contributed by atoms with Crippen LogP contribution in [0, 0.1) is 0 Å². The van der Waals surface area contributed by atoms with E-state index < -0.39 is 11.7 Å². The van der Waals surface area contributed by atoms with Crippen molar-refractivity contribution in [1.82, 2.24) is 0 Å². The standard InChI is InChI=1S/C19H16F3NOS.ClH/c20-19(21,22)15-5-2-6-16(11-15)23-12-14-4-1-7-17(10-14)24-13-18-8-3-9-25-18;/h1-11,23H,12-13H2;1H. The molecule has 1 aromatic heterocycles. The van der Waals surface area contributed by atoms with Gasteiger partial charge in [0.15, 0.2) is 0 Å². The summed E-state index contributed by atoms with van der Waals surface area (Å²) in [7, 11) is 0. The number of alkyl halides is 3. The number of hydrogen-bond donors (Lipinski definition) is 1. The van der Waals surface area contributed by atoms with E-state index in [1.54, 1.807) is 17.4 Å². The molecule has 0 aliphatic carbocycles. The summed E-state index contributed by atoms with van der Waals surface area (Å²) in [5.74, 6) is 0.733. The largest absolute Gasteiger partial charge is 0.488 e. The molecule has 26 heavy (non-hydrogen) atoms. The summed E-state index contributed by atoms with van der Waals surface area (Å²) in [6, 6.07) is 16.7. The van der Waals surface area contributed by atoms with Gasteiger partial charge < -0.3 is 10.1 Å². The monoisotopic (exact) mass is 399 g/mol. The second-order valence-electron chi connectivity index (χ2n) is 5.45. The summed E-state index contributed by atoms with van der Waals surface area (Å²) < 4.78 is 44.0. The highest BCUT2D eigenvalue weighted by molar-refractivity contribution is 7.09. The second kappa shape index (κ2) is 8.96. The van der Waals surface area contributed by atoms with Gasteiger partial charge in [-0.15, -0.1) is 23.7 Å². The molecule has 0 spiro atoms. The normalized spacial score (nSPS) is 10.9. The molecule has 0 bridgehead atoms. The highest BCUT2D eigenvalue weighted by Gasteiger charge is 2.30. The van der Waals surface area contributed by atoms with Gasteiger partial charge in [0, 0.05) is 17.1 Å². The van der Waals surface area contributed by atoms with Crippen LogP contribution in [0.5, 0.6) is 5.75 Å². The van der Waals surface area contributed by atoms with Crippen molar-refractivity contribution >= 4 is 29.4 Å². The van der Waals surface area contributed by atoms with E-state index in [1.165, 1.54) is 6.07 Å². The maximum absolute atomic E-state index is 12.7. The van der Waals surface area contributed by atoms with Gasteiger partial charge in [-0.3, -0.25) is 0 Å². The van der Waals surface area contributed by atoms with Crippen molar-refractivity contribution in [3.05, 3.63) is 82.0 Å². The first-order valence-corrected chi connectivity index (χ1v) is 8.54. The Morgan fingerprint density at radius 1 is 0.962 bits per heavy atom. The smallest absolute Gasteiger partial charge is 0.416 e. The van der Waals surface area contributed by atoms with Gasteiger partial charge in [0.05, 0.1) is 5.56 Å². The third-order valence-electron chi connectivity index (χ3n) is 3.55. The fourth-order valence-electron chi connectivity index (χ4n) is 2.30. The van der Waals surface area contributed by atoms with Crippen molar-refractivity contribution in [2.45, 2.75) is 19.3 Å². The third kappa shape index (κ3) is 5.68. The average molecular weight is 400 g/mol. The van der Waals surface area contributed by atoms with Crippen LogP contribution in [0.2, 0.25) is 0 Å². The van der Waals surface area contributed by atoms with Gasteiger partial charge >= 0.3 is 6.18 Å². The molecule has 138 valence electrons.